The number of rotatable bonds is 7. The smallest absolute Gasteiger partial charge is 0.326 e. The van der Waals surface area contributed by atoms with Crippen LogP contribution in [0.4, 0.5) is 0 Å². The van der Waals surface area contributed by atoms with Crippen LogP contribution in [0.25, 0.3) is 0 Å². The SMILES string of the molecule is C=N/C(O)=C(\C(=C)O)C(=O)N[C@@H](CC1CCCCC1)C(=O)O. The van der Waals surface area contributed by atoms with E-state index in [9.17, 15) is 24.9 Å². The second-order valence-corrected chi connectivity index (χ2v) is 5.41. The van der Waals surface area contributed by atoms with Crippen molar-refractivity contribution in [2.24, 2.45) is 10.9 Å². The molecule has 0 heterocycles. The van der Waals surface area contributed by atoms with Crippen LogP contribution < -0.4 is 5.32 Å². The van der Waals surface area contributed by atoms with Crippen LogP contribution in [0, 0.1) is 5.92 Å². The zero-order chi connectivity index (χ0) is 16.7. The molecule has 0 spiro atoms. The highest BCUT2D eigenvalue weighted by Gasteiger charge is 2.28. The van der Waals surface area contributed by atoms with Gasteiger partial charge in [0, 0.05) is 0 Å². The predicted molar refractivity (Wildman–Crippen MR) is 81.7 cm³/mol. The van der Waals surface area contributed by atoms with Crippen molar-refractivity contribution in [2.75, 3.05) is 0 Å². The fourth-order valence-electron chi connectivity index (χ4n) is 2.65. The van der Waals surface area contributed by atoms with Crippen molar-refractivity contribution in [2.45, 2.75) is 44.6 Å². The maximum absolute atomic E-state index is 12.0. The molecule has 7 heteroatoms. The number of hydrogen-bond donors (Lipinski definition) is 4. The Kier molecular flexibility index (Phi) is 6.62. The Morgan fingerprint density at radius 1 is 1.18 bits per heavy atom. The van der Waals surface area contributed by atoms with Crippen LogP contribution in [-0.2, 0) is 9.59 Å². The summed E-state index contributed by atoms with van der Waals surface area (Å²) in [6.07, 6.45) is 5.46. The molecule has 0 aliphatic heterocycles. The van der Waals surface area contributed by atoms with E-state index in [-0.39, 0.29) is 5.92 Å². The van der Waals surface area contributed by atoms with Crippen LogP contribution in [0.2, 0.25) is 0 Å². The minimum absolute atomic E-state index is 0.242. The summed E-state index contributed by atoms with van der Waals surface area (Å²) >= 11 is 0. The normalized spacial score (nSPS) is 18.0. The van der Waals surface area contributed by atoms with Gasteiger partial charge in [-0.2, -0.15) is 0 Å². The fraction of sp³-hybridized carbons (Fsp3) is 0.533. The standard InChI is InChI=1S/C15H22N2O5/c1-9(18)12(13(19)16-2)14(20)17-11(15(21)22)8-10-6-4-3-5-7-10/h10-11,18-19H,1-8H2,(H,17,20)(H,21,22)/b13-12-/t11-/m0/s1. The van der Waals surface area contributed by atoms with E-state index in [1.54, 1.807) is 0 Å². The van der Waals surface area contributed by atoms with E-state index in [1.165, 1.54) is 0 Å². The number of nitrogens with one attached hydrogen (secondary N) is 1. The molecule has 0 aromatic rings. The van der Waals surface area contributed by atoms with Crippen LogP contribution >= 0.6 is 0 Å². The average Bonchev–Trinajstić information content (AvgIpc) is 2.47. The number of carboxylic acid groups (broad SMARTS) is 1. The molecular weight excluding hydrogens is 288 g/mol. The first-order chi connectivity index (χ1) is 10.4. The van der Waals surface area contributed by atoms with E-state index < -0.39 is 35.1 Å². The van der Waals surface area contributed by atoms with Crippen LogP contribution in [0.1, 0.15) is 38.5 Å². The third-order valence-corrected chi connectivity index (χ3v) is 3.79. The molecule has 0 aromatic heterocycles. The van der Waals surface area contributed by atoms with Crippen LogP contribution in [0.3, 0.4) is 0 Å². The number of aliphatic hydroxyl groups is 2. The first-order valence-electron chi connectivity index (χ1n) is 7.18. The molecule has 1 atom stereocenters. The summed E-state index contributed by atoms with van der Waals surface area (Å²) in [7, 11) is 0. The van der Waals surface area contributed by atoms with Gasteiger partial charge in [0.05, 0.1) is 0 Å². The lowest BCUT2D eigenvalue weighted by Crippen LogP contribution is -2.43. The molecule has 0 radical (unpaired) electrons. The summed E-state index contributed by atoms with van der Waals surface area (Å²) < 4.78 is 0. The highest BCUT2D eigenvalue weighted by molar-refractivity contribution is 5.99. The second-order valence-electron chi connectivity index (χ2n) is 5.41. The van der Waals surface area contributed by atoms with E-state index in [4.69, 9.17) is 0 Å². The number of carboxylic acids is 1. The zero-order valence-corrected chi connectivity index (χ0v) is 12.4. The van der Waals surface area contributed by atoms with E-state index in [1.807, 2.05) is 0 Å². The number of carbonyl (C=O) groups is 2. The summed E-state index contributed by atoms with van der Waals surface area (Å²) in [6.45, 7) is 6.20. The Hall–Kier alpha value is -2.31. The van der Waals surface area contributed by atoms with Gasteiger partial charge in [-0.1, -0.05) is 38.7 Å². The molecule has 1 aliphatic rings. The van der Waals surface area contributed by atoms with Gasteiger partial charge in [-0.05, 0) is 19.1 Å². The molecule has 1 rings (SSSR count). The Morgan fingerprint density at radius 3 is 2.23 bits per heavy atom. The number of hydrogen-bond acceptors (Lipinski definition) is 5. The average molecular weight is 310 g/mol. The minimum Gasteiger partial charge on any atom is -0.508 e. The molecule has 1 amide bonds. The summed E-state index contributed by atoms with van der Waals surface area (Å²) in [5.74, 6) is -3.37. The monoisotopic (exact) mass is 310 g/mol. The van der Waals surface area contributed by atoms with Crippen LogP contribution in [-0.4, -0.2) is 40.0 Å². The lowest BCUT2D eigenvalue weighted by molar-refractivity contribution is -0.142. The van der Waals surface area contributed by atoms with Crippen molar-refractivity contribution < 1.29 is 24.9 Å². The summed E-state index contributed by atoms with van der Waals surface area (Å²) in [5.41, 5.74) is -0.579. The first kappa shape index (κ1) is 17.7. The summed E-state index contributed by atoms with van der Waals surface area (Å²) in [6, 6.07) is -1.09. The maximum Gasteiger partial charge on any atom is 0.326 e. The van der Waals surface area contributed by atoms with Crippen LogP contribution in [0.5, 0.6) is 0 Å². The first-order valence-corrected chi connectivity index (χ1v) is 7.18. The van der Waals surface area contributed by atoms with Gasteiger partial charge >= 0.3 is 5.97 Å². The van der Waals surface area contributed by atoms with Gasteiger partial charge in [0.25, 0.3) is 5.91 Å². The maximum atomic E-state index is 12.0. The highest BCUT2D eigenvalue weighted by Crippen LogP contribution is 2.27. The number of aliphatic hydroxyl groups excluding tert-OH is 2. The van der Waals surface area contributed by atoms with Gasteiger partial charge in [0.2, 0.25) is 5.88 Å². The molecule has 7 nitrogen and oxygen atoms in total. The van der Waals surface area contributed by atoms with Crippen molar-refractivity contribution in [1.82, 2.24) is 5.32 Å². The quantitative estimate of drug-likeness (QED) is 0.248. The molecule has 0 unspecified atom stereocenters. The summed E-state index contributed by atoms with van der Waals surface area (Å²) in [4.78, 5) is 26.5. The number of carbonyl (C=O) groups excluding carboxylic acids is 1. The van der Waals surface area contributed by atoms with Crippen molar-refractivity contribution in [3.8, 4) is 0 Å². The molecule has 1 saturated carbocycles. The Morgan fingerprint density at radius 2 is 1.77 bits per heavy atom. The molecule has 0 aromatic carbocycles. The Bertz CT molecular complexity index is 492. The van der Waals surface area contributed by atoms with Crippen molar-refractivity contribution in [1.29, 1.82) is 0 Å². The minimum atomic E-state index is -1.16. The number of amides is 1. The number of aliphatic imine (C=N–C) groups is 1. The number of aliphatic carboxylic acids is 1. The molecule has 0 saturated heterocycles. The lowest BCUT2D eigenvalue weighted by Gasteiger charge is -2.25. The van der Waals surface area contributed by atoms with E-state index >= 15 is 0 Å². The van der Waals surface area contributed by atoms with Gasteiger partial charge in [-0.15, -0.1) is 0 Å². The topological polar surface area (TPSA) is 119 Å². The van der Waals surface area contributed by atoms with E-state index in [0.29, 0.717) is 6.42 Å². The lowest BCUT2D eigenvalue weighted by atomic mass is 9.85. The molecule has 22 heavy (non-hydrogen) atoms. The second kappa shape index (κ2) is 8.21. The molecule has 4 N–H and O–H groups in total. The largest absolute Gasteiger partial charge is 0.508 e. The third kappa shape index (κ3) is 4.91. The molecule has 1 fully saturated rings. The van der Waals surface area contributed by atoms with E-state index in [0.717, 1.165) is 32.1 Å². The molecule has 0 bridgehead atoms. The Labute approximate surface area is 129 Å². The van der Waals surface area contributed by atoms with Gasteiger partial charge in [-0.3, -0.25) is 4.79 Å². The third-order valence-electron chi connectivity index (χ3n) is 3.79. The van der Waals surface area contributed by atoms with Gasteiger partial charge in [0.15, 0.2) is 0 Å². The van der Waals surface area contributed by atoms with E-state index in [2.05, 4.69) is 23.6 Å². The van der Waals surface area contributed by atoms with Gasteiger partial charge in [-0.25, -0.2) is 9.79 Å². The van der Waals surface area contributed by atoms with Gasteiger partial charge < -0.3 is 20.6 Å². The van der Waals surface area contributed by atoms with Crippen molar-refractivity contribution in [3.05, 3.63) is 23.8 Å². The fourth-order valence-corrected chi connectivity index (χ4v) is 2.65. The van der Waals surface area contributed by atoms with Gasteiger partial charge in [0.1, 0.15) is 17.4 Å². The Balaban J connectivity index is 2.81. The molecule has 1 aliphatic carbocycles. The van der Waals surface area contributed by atoms with Crippen LogP contribution in [0.15, 0.2) is 28.8 Å². The zero-order valence-electron chi connectivity index (χ0n) is 12.4. The number of nitrogens with zero attached hydrogens (tertiary/aromatic N) is 1. The van der Waals surface area contributed by atoms with Crippen molar-refractivity contribution in [3.63, 3.8) is 0 Å². The highest BCUT2D eigenvalue weighted by atomic mass is 16.4. The predicted octanol–water partition coefficient (Wildman–Crippen LogP) is 2.07. The molecular formula is C15H22N2O5. The summed E-state index contributed by atoms with van der Waals surface area (Å²) in [5, 5.41) is 30.4. The molecule has 122 valence electrons. The van der Waals surface area contributed by atoms with Crippen molar-refractivity contribution >= 4 is 18.6 Å².